The number of halogens is 1. The van der Waals surface area contributed by atoms with Gasteiger partial charge in [-0.25, -0.2) is 0 Å². The molecule has 0 saturated carbocycles. The van der Waals surface area contributed by atoms with Gasteiger partial charge in [0.1, 0.15) is 0 Å². The minimum atomic E-state index is 0.989. The van der Waals surface area contributed by atoms with Gasteiger partial charge in [0.25, 0.3) is 0 Å². The maximum atomic E-state index is 4.43. The Hall–Kier alpha value is -1.41. The summed E-state index contributed by atoms with van der Waals surface area (Å²) in [6.07, 6.45) is 1.88. The van der Waals surface area contributed by atoms with Crippen LogP contribution in [0.25, 0.3) is 0 Å². The summed E-state index contributed by atoms with van der Waals surface area (Å²) in [6.45, 7) is 2.07. The summed E-state index contributed by atoms with van der Waals surface area (Å²) in [4.78, 5) is 4.43. The van der Waals surface area contributed by atoms with Crippen molar-refractivity contribution in [3.05, 3.63) is 64.1 Å². The van der Waals surface area contributed by atoms with Crippen LogP contribution in [0, 0.1) is 6.92 Å². The zero-order valence-corrected chi connectivity index (χ0v) is 10.6. The second-order valence-electron chi connectivity index (χ2n) is 3.65. The molecule has 0 amide bonds. The lowest BCUT2D eigenvalue weighted by molar-refractivity contribution is 1.43. The van der Waals surface area contributed by atoms with Gasteiger partial charge in [-0.05, 0) is 42.3 Å². The number of rotatable bonds is 2. The van der Waals surface area contributed by atoms with E-state index in [4.69, 9.17) is 0 Å². The van der Waals surface area contributed by atoms with Crippen molar-refractivity contribution in [2.24, 2.45) is 4.99 Å². The predicted molar refractivity (Wildman–Crippen MR) is 72.6 cm³/mol. The fraction of sp³-hybridized carbons (Fsp3) is 0.0714. The number of aliphatic imine (C=N–C) groups is 1. The number of hydrogen-bond donors (Lipinski definition) is 0. The third-order valence-electron chi connectivity index (χ3n) is 2.23. The Labute approximate surface area is 104 Å². The summed E-state index contributed by atoms with van der Waals surface area (Å²) in [5, 5.41) is 0. The molecule has 0 atom stereocenters. The van der Waals surface area contributed by atoms with Gasteiger partial charge in [0.15, 0.2) is 0 Å². The maximum Gasteiger partial charge on any atom is 0.0632 e. The first-order chi connectivity index (χ1) is 7.74. The fourth-order valence-corrected chi connectivity index (χ4v) is 1.67. The number of benzene rings is 2. The number of aryl methyl sites for hydroxylation is 1. The highest BCUT2D eigenvalue weighted by Gasteiger charge is 1.90. The van der Waals surface area contributed by atoms with Gasteiger partial charge >= 0.3 is 0 Å². The molecule has 0 fully saturated rings. The van der Waals surface area contributed by atoms with Crippen LogP contribution in [0.2, 0.25) is 0 Å². The van der Waals surface area contributed by atoms with Crippen LogP contribution in [0.3, 0.4) is 0 Å². The SMILES string of the molecule is Cc1cccc(N=Cc2ccc(Br)cc2)c1. The molecule has 80 valence electrons. The molecule has 0 saturated heterocycles. The van der Waals surface area contributed by atoms with Crippen LogP contribution in [0.1, 0.15) is 11.1 Å². The van der Waals surface area contributed by atoms with Gasteiger partial charge in [0.05, 0.1) is 5.69 Å². The molecule has 2 heteroatoms. The van der Waals surface area contributed by atoms with Crippen molar-refractivity contribution < 1.29 is 0 Å². The van der Waals surface area contributed by atoms with E-state index < -0.39 is 0 Å². The third kappa shape index (κ3) is 3.04. The van der Waals surface area contributed by atoms with Crippen LogP contribution >= 0.6 is 15.9 Å². The van der Waals surface area contributed by atoms with E-state index >= 15 is 0 Å². The highest BCUT2D eigenvalue weighted by atomic mass is 79.9. The van der Waals surface area contributed by atoms with Crippen molar-refractivity contribution in [2.45, 2.75) is 6.92 Å². The van der Waals surface area contributed by atoms with Crippen LogP contribution in [-0.2, 0) is 0 Å². The van der Waals surface area contributed by atoms with Crippen molar-refractivity contribution in [1.82, 2.24) is 0 Å². The van der Waals surface area contributed by atoms with E-state index in [0.29, 0.717) is 0 Å². The Morgan fingerprint density at radius 2 is 1.81 bits per heavy atom. The van der Waals surface area contributed by atoms with E-state index in [1.165, 1.54) is 5.56 Å². The van der Waals surface area contributed by atoms with E-state index in [9.17, 15) is 0 Å². The first-order valence-corrected chi connectivity index (χ1v) is 5.90. The van der Waals surface area contributed by atoms with Crippen molar-refractivity contribution in [2.75, 3.05) is 0 Å². The lowest BCUT2D eigenvalue weighted by Crippen LogP contribution is -1.79. The molecule has 16 heavy (non-hydrogen) atoms. The molecule has 0 N–H and O–H groups in total. The molecular formula is C14H12BrN. The second kappa shape index (κ2) is 5.08. The minimum absolute atomic E-state index is 0.989. The van der Waals surface area contributed by atoms with Crippen LogP contribution in [0.15, 0.2) is 58.0 Å². The molecule has 0 aliphatic carbocycles. The molecule has 0 aliphatic heterocycles. The standard InChI is InChI=1S/C14H12BrN/c1-11-3-2-4-14(9-11)16-10-12-5-7-13(15)8-6-12/h2-10H,1H3. The Bertz CT molecular complexity index is 500. The van der Waals surface area contributed by atoms with Gasteiger partial charge in [-0.15, -0.1) is 0 Å². The monoisotopic (exact) mass is 273 g/mol. The van der Waals surface area contributed by atoms with Crippen LogP contribution in [0.4, 0.5) is 5.69 Å². The molecule has 2 aromatic carbocycles. The Morgan fingerprint density at radius 3 is 2.50 bits per heavy atom. The Morgan fingerprint density at radius 1 is 1.06 bits per heavy atom. The van der Waals surface area contributed by atoms with Crippen molar-refractivity contribution in [3.8, 4) is 0 Å². The molecule has 0 spiro atoms. The summed E-state index contributed by atoms with van der Waals surface area (Å²) in [5.74, 6) is 0. The van der Waals surface area contributed by atoms with E-state index in [0.717, 1.165) is 15.7 Å². The molecule has 0 radical (unpaired) electrons. The first-order valence-electron chi connectivity index (χ1n) is 5.10. The summed E-state index contributed by atoms with van der Waals surface area (Å²) in [7, 11) is 0. The summed E-state index contributed by atoms with van der Waals surface area (Å²) >= 11 is 3.41. The van der Waals surface area contributed by atoms with Gasteiger partial charge in [-0.1, -0.05) is 40.2 Å². The van der Waals surface area contributed by atoms with E-state index in [1.807, 2.05) is 42.6 Å². The van der Waals surface area contributed by atoms with Crippen LogP contribution in [-0.4, -0.2) is 6.21 Å². The molecule has 0 unspecified atom stereocenters. The smallest absolute Gasteiger partial charge is 0.0632 e. The highest BCUT2D eigenvalue weighted by Crippen LogP contribution is 2.14. The number of hydrogen-bond acceptors (Lipinski definition) is 1. The van der Waals surface area contributed by atoms with Crippen molar-refractivity contribution in [3.63, 3.8) is 0 Å². The molecule has 2 aromatic rings. The summed E-state index contributed by atoms with van der Waals surface area (Å²) < 4.78 is 1.08. The second-order valence-corrected chi connectivity index (χ2v) is 4.56. The largest absolute Gasteiger partial charge is 0.256 e. The van der Waals surface area contributed by atoms with E-state index in [1.54, 1.807) is 0 Å². The van der Waals surface area contributed by atoms with E-state index in [2.05, 4.69) is 40.0 Å². The predicted octanol–water partition coefficient (Wildman–Crippen LogP) is 4.51. The fourth-order valence-electron chi connectivity index (χ4n) is 1.41. The zero-order chi connectivity index (χ0) is 11.4. The normalized spacial score (nSPS) is 10.9. The maximum absolute atomic E-state index is 4.43. The van der Waals surface area contributed by atoms with Gasteiger partial charge in [-0.3, -0.25) is 4.99 Å². The van der Waals surface area contributed by atoms with Crippen molar-refractivity contribution >= 4 is 27.8 Å². The molecule has 0 aromatic heterocycles. The van der Waals surface area contributed by atoms with Crippen molar-refractivity contribution in [1.29, 1.82) is 0 Å². The molecule has 0 bridgehead atoms. The average molecular weight is 274 g/mol. The highest BCUT2D eigenvalue weighted by molar-refractivity contribution is 9.10. The van der Waals surface area contributed by atoms with E-state index in [-0.39, 0.29) is 0 Å². The Balaban J connectivity index is 2.18. The zero-order valence-electron chi connectivity index (χ0n) is 9.02. The van der Waals surface area contributed by atoms with Gasteiger partial charge < -0.3 is 0 Å². The quantitative estimate of drug-likeness (QED) is 0.714. The van der Waals surface area contributed by atoms with Crippen LogP contribution < -0.4 is 0 Å². The average Bonchev–Trinajstić information content (AvgIpc) is 2.28. The summed E-state index contributed by atoms with van der Waals surface area (Å²) in [5.41, 5.74) is 3.32. The lowest BCUT2D eigenvalue weighted by atomic mass is 10.2. The molecule has 0 heterocycles. The molecule has 2 rings (SSSR count). The van der Waals surface area contributed by atoms with Gasteiger partial charge in [-0.2, -0.15) is 0 Å². The van der Waals surface area contributed by atoms with Crippen LogP contribution in [0.5, 0.6) is 0 Å². The number of nitrogens with zero attached hydrogens (tertiary/aromatic N) is 1. The molecular weight excluding hydrogens is 262 g/mol. The topological polar surface area (TPSA) is 12.4 Å². The molecule has 1 nitrogen and oxygen atoms in total. The van der Waals surface area contributed by atoms with Gasteiger partial charge in [0.2, 0.25) is 0 Å². The first kappa shape index (κ1) is 11.1. The minimum Gasteiger partial charge on any atom is -0.256 e. The summed E-state index contributed by atoms with van der Waals surface area (Å²) in [6, 6.07) is 16.2. The third-order valence-corrected chi connectivity index (χ3v) is 2.76. The lowest BCUT2D eigenvalue weighted by Gasteiger charge is -1.96. The molecule has 0 aliphatic rings. The van der Waals surface area contributed by atoms with Gasteiger partial charge in [0, 0.05) is 10.7 Å². The Kier molecular flexibility index (Phi) is 3.52.